The predicted molar refractivity (Wildman–Crippen MR) is 69.5 cm³/mol. The largest absolute Gasteiger partial charge is 0.444 e. The van der Waals surface area contributed by atoms with Crippen LogP contribution < -0.4 is 5.32 Å². The summed E-state index contributed by atoms with van der Waals surface area (Å²) >= 11 is 5.05. The maximum Gasteiger partial charge on any atom is 0.236 e. The highest BCUT2D eigenvalue weighted by atomic mass is 79.9. The average Bonchev–Trinajstić information content (AvgIpc) is 2.87. The number of halogens is 1. The minimum Gasteiger partial charge on any atom is -0.444 e. The van der Waals surface area contributed by atoms with E-state index in [1.807, 2.05) is 12.1 Å². The van der Waals surface area contributed by atoms with Crippen molar-refractivity contribution in [2.24, 2.45) is 0 Å². The van der Waals surface area contributed by atoms with E-state index in [0.29, 0.717) is 5.89 Å². The van der Waals surface area contributed by atoms with Crippen molar-refractivity contribution in [2.75, 3.05) is 6.54 Å². The Labute approximate surface area is 107 Å². The van der Waals surface area contributed by atoms with Crippen molar-refractivity contribution < 1.29 is 4.42 Å². The van der Waals surface area contributed by atoms with E-state index in [9.17, 15) is 0 Å². The highest BCUT2D eigenvalue weighted by Crippen LogP contribution is 2.30. The summed E-state index contributed by atoms with van der Waals surface area (Å²) in [6.45, 7) is 3.92. The van der Waals surface area contributed by atoms with Gasteiger partial charge in [-0.25, -0.2) is 4.98 Å². The first-order valence-electron chi connectivity index (χ1n) is 5.20. The fraction of sp³-hybridized carbons (Fsp3) is 0.364. The van der Waals surface area contributed by atoms with Crippen LogP contribution in [0, 0.1) is 0 Å². The molecule has 0 amide bonds. The molecule has 5 heteroatoms. The van der Waals surface area contributed by atoms with E-state index in [1.165, 1.54) is 0 Å². The minimum atomic E-state index is 0.698. The van der Waals surface area contributed by atoms with Crippen LogP contribution in [0.25, 0.3) is 10.8 Å². The van der Waals surface area contributed by atoms with Crippen LogP contribution in [0.5, 0.6) is 0 Å². The highest BCUT2D eigenvalue weighted by Gasteiger charge is 2.08. The molecule has 0 aliphatic carbocycles. The molecular formula is C11H13BrN2OS. The lowest BCUT2D eigenvalue weighted by Gasteiger charge is -1.96. The maximum atomic E-state index is 5.43. The Balaban J connectivity index is 2.02. The van der Waals surface area contributed by atoms with Gasteiger partial charge in [-0.1, -0.05) is 6.92 Å². The summed E-state index contributed by atoms with van der Waals surface area (Å²) in [7, 11) is 0. The molecule has 0 saturated carbocycles. The third-order valence-electron chi connectivity index (χ3n) is 2.07. The van der Waals surface area contributed by atoms with Gasteiger partial charge >= 0.3 is 0 Å². The highest BCUT2D eigenvalue weighted by molar-refractivity contribution is 9.11. The van der Waals surface area contributed by atoms with Crippen molar-refractivity contribution in [3.8, 4) is 10.8 Å². The molecule has 0 unspecified atom stereocenters. The Kier molecular flexibility index (Phi) is 4.15. The van der Waals surface area contributed by atoms with Crippen LogP contribution in [-0.2, 0) is 6.54 Å². The number of thiophene rings is 1. The van der Waals surface area contributed by atoms with Gasteiger partial charge in [-0.15, -0.1) is 11.3 Å². The van der Waals surface area contributed by atoms with Gasteiger partial charge in [-0.3, -0.25) is 0 Å². The molecule has 0 aliphatic rings. The Morgan fingerprint density at radius 1 is 1.50 bits per heavy atom. The molecule has 2 aromatic rings. The van der Waals surface area contributed by atoms with Crippen molar-refractivity contribution in [2.45, 2.75) is 19.9 Å². The van der Waals surface area contributed by atoms with Gasteiger partial charge < -0.3 is 9.73 Å². The van der Waals surface area contributed by atoms with E-state index in [0.717, 1.165) is 33.9 Å². The monoisotopic (exact) mass is 300 g/mol. The van der Waals surface area contributed by atoms with E-state index in [1.54, 1.807) is 17.6 Å². The molecule has 86 valence electrons. The van der Waals surface area contributed by atoms with Gasteiger partial charge in [-0.05, 0) is 41.0 Å². The number of nitrogens with zero attached hydrogens (tertiary/aromatic N) is 1. The topological polar surface area (TPSA) is 38.1 Å². The molecule has 16 heavy (non-hydrogen) atoms. The van der Waals surface area contributed by atoms with Crippen molar-refractivity contribution in [3.63, 3.8) is 0 Å². The van der Waals surface area contributed by atoms with Crippen LogP contribution in [0.15, 0.2) is 26.6 Å². The molecule has 0 saturated heterocycles. The Bertz CT molecular complexity index is 452. The first-order chi connectivity index (χ1) is 7.79. The zero-order valence-corrected chi connectivity index (χ0v) is 11.4. The molecule has 3 nitrogen and oxygen atoms in total. The Morgan fingerprint density at radius 2 is 2.38 bits per heavy atom. The number of oxazole rings is 1. The van der Waals surface area contributed by atoms with Crippen LogP contribution >= 0.6 is 27.3 Å². The fourth-order valence-electron chi connectivity index (χ4n) is 1.32. The molecule has 1 N–H and O–H groups in total. The molecular weight excluding hydrogens is 288 g/mol. The first-order valence-corrected chi connectivity index (χ1v) is 6.81. The first kappa shape index (κ1) is 11.8. The number of rotatable bonds is 5. The maximum absolute atomic E-state index is 5.43. The third kappa shape index (κ3) is 2.93. The molecule has 0 fully saturated rings. The summed E-state index contributed by atoms with van der Waals surface area (Å²) in [5.41, 5.74) is 0.952. The van der Waals surface area contributed by atoms with Gasteiger partial charge in [0, 0.05) is 6.54 Å². The van der Waals surface area contributed by atoms with E-state index in [4.69, 9.17) is 4.42 Å². The molecule has 0 aliphatic heterocycles. The van der Waals surface area contributed by atoms with E-state index < -0.39 is 0 Å². The summed E-state index contributed by atoms with van der Waals surface area (Å²) in [6, 6.07) is 4.00. The van der Waals surface area contributed by atoms with E-state index in [-0.39, 0.29) is 0 Å². The second-order valence-electron chi connectivity index (χ2n) is 3.42. The van der Waals surface area contributed by atoms with Crippen LogP contribution in [0.1, 0.15) is 19.0 Å². The molecule has 2 rings (SSSR count). The molecule has 2 aromatic heterocycles. The standard InChI is InChI=1S/C11H13BrN2OS/c1-2-5-13-6-8-7-15-11(14-8)9-3-4-10(12)16-9/h3-4,7,13H,2,5-6H2,1H3. The zero-order valence-electron chi connectivity index (χ0n) is 9.00. The Morgan fingerprint density at radius 3 is 3.06 bits per heavy atom. The molecule has 0 radical (unpaired) electrons. The SMILES string of the molecule is CCCNCc1coc(-c2ccc(Br)s2)n1. The fourth-order valence-corrected chi connectivity index (χ4v) is 2.64. The van der Waals surface area contributed by atoms with Crippen molar-refractivity contribution in [1.82, 2.24) is 10.3 Å². The van der Waals surface area contributed by atoms with E-state index >= 15 is 0 Å². The lowest BCUT2D eigenvalue weighted by molar-refractivity contribution is 0.571. The van der Waals surface area contributed by atoms with Gasteiger partial charge in [0.15, 0.2) is 0 Å². The number of nitrogens with one attached hydrogen (secondary N) is 1. The summed E-state index contributed by atoms with van der Waals surface area (Å²) in [4.78, 5) is 5.48. The van der Waals surface area contributed by atoms with Crippen LogP contribution in [-0.4, -0.2) is 11.5 Å². The molecule has 0 bridgehead atoms. The smallest absolute Gasteiger partial charge is 0.236 e. The Hall–Kier alpha value is -0.650. The lowest BCUT2D eigenvalue weighted by atomic mass is 10.4. The summed E-state index contributed by atoms with van der Waals surface area (Å²) < 4.78 is 6.52. The number of hydrogen-bond donors (Lipinski definition) is 1. The molecule has 0 aromatic carbocycles. The van der Waals surface area contributed by atoms with Crippen molar-refractivity contribution in [1.29, 1.82) is 0 Å². The normalized spacial score (nSPS) is 10.9. The third-order valence-corrected chi connectivity index (χ3v) is 3.68. The number of aromatic nitrogens is 1. The van der Waals surface area contributed by atoms with Gasteiger partial charge in [0.1, 0.15) is 6.26 Å². The average molecular weight is 301 g/mol. The van der Waals surface area contributed by atoms with Crippen LogP contribution in [0.4, 0.5) is 0 Å². The molecule has 0 spiro atoms. The molecule has 2 heterocycles. The zero-order chi connectivity index (χ0) is 11.4. The number of hydrogen-bond acceptors (Lipinski definition) is 4. The van der Waals surface area contributed by atoms with Crippen molar-refractivity contribution in [3.05, 3.63) is 27.9 Å². The minimum absolute atomic E-state index is 0.698. The van der Waals surface area contributed by atoms with Gasteiger partial charge in [0.2, 0.25) is 5.89 Å². The van der Waals surface area contributed by atoms with Crippen LogP contribution in [0.3, 0.4) is 0 Å². The predicted octanol–water partition coefficient (Wildman–Crippen LogP) is 3.67. The second kappa shape index (κ2) is 5.61. The van der Waals surface area contributed by atoms with Crippen LogP contribution in [0.2, 0.25) is 0 Å². The quantitative estimate of drug-likeness (QED) is 0.856. The summed E-state index contributed by atoms with van der Waals surface area (Å²) in [6.07, 6.45) is 2.84. The summed E-state index contributed by atoms with van der Waals surface area (Å²) in [5.74, 6) is 0.698. The second-order valence-corrected chi connectivity index (χ2v) is 5.89. The lowest BCUT2D eigenvalue weighted by Crippen LogP contribution is -2.13. The van der Waals surface area contributed by atoms with Gasteiger partial charge in [-0.2, -0.15) is 0 Å². The molecule has 0 atom stereocenters. The van der Waals surface area contributed by atoms with Crippen molar-refractivity contribution >= 4 is 27.3 Å². The van der Waals surface area contributed by atoms with Gasteiger partial charge in [0.05, 0.1) is 14.4 Å². The van der Waals surface area contributed by atoms with Gasteiger partial charge in [0.25, 0.3) is 0 Å². The van der Waals surface area contributed by atoms with E-state index in [2.05, 4.69) is 33.2 Å². The summed E-state index contributed by atoms with van der Waals surface area (Å²) in [5, 5.41) is 3.29.